The minimum atomic E-state index is -0.511. The van der Waals surface area contributed by atoms with Gasteiger partial charge >= 0.3 is 12.1 Å². The lowest BCUT2D eigenvalue weighted by atomic mass is 9.72. The molecule has 0 aromatic carbocycles. The summed E-state index contributed by atoms with van der Waals surface area (Å²) in [6.45, 7) is 10.4. The molecule has 0 radical (unpaired) electrons. The van der Waals surface area contributed by atoms with E-state index < -0.39 is 6.09 Å². The summed E-state index contributed by atoms with van der Waals surface area (Å²) >= 11 is 0. The Morgan fingerprint density at radius 3 is 2.09 bits per heavy atom. The molecule has 5 nitrogen and oxygen atoms in total. The predicted octanol–water partition coefficient (Wildman–Crippen LogP) is 7.83. The first-order valence-corrected chi connectivity index (χ1v) is 13.2. The Morgan fingerprint density at radius 1 is 0.938 bits per heavy atom. The lowest BCUT2D eigenvalue weighted by Crippen LogP contribution is -2.51. The highest BCUT2D eigenvalue weighted by atomic mass is 16.7. The van der Waals surface area contributed by atoms with E-state index in [1.54, 1.807) is 0 Å². The third-order valence-electron chi connectivity index (χ3n) is 6.45. The number of amides is 1. The fourth-order valence-corrected chi connectivity index (χ4v) is 5.09. The van der Waals surface area contributed by atoms with Crippen molar-refractivity contribution in [3.63, 3.8) is 0 Å². The summed E-state index contributed by atoms with van der Waals surface area (Å²) in [6.07, 6.45) is 18.2. The quantitative estimate of drug-likeness (QED) is 0.106. The van der Waals surface area contributed by atoms with Crippen LogP contribution in [0.25, 0.3) is 0 Å². The molecule has 0 heterocycles. The molecule has 2 atom stereocenters. The smallest absolute Gasteiger partial charge is 0.410 e. The molecule has 0 aromatic rings. The molecule has 1 fully saturated rings. The van der Waals surface area contributed by atoms with Crippen LogP contribution in [0.3, 0.4) is 0 Å². The standard InChI is InChI=1S/C27H49NO4/c1-5-7-8-9-10-11-12-13-14-15-16-17-25(29)31-22-32-26(30)28-27(18-6-2)20-23(3)19-24(4)21-27/h24H,3,5-22H2,1-2,4H3,(H,28,30). The predicted molar refractivity (Wildman–Crippen MR) is 131 cm³/mol. The Hall–Kier alpha value is -1.52. The molecule has 0 saturated heterocycles. The summed E-state index contributed by atoms with van der Waals surface area (Å²) in [5.41, 5.74) is 0.885. The second-order valence-corrected chi connectivity index (χ2v) is 9.95. The zero-order valence-electron chi connectivity index (χ0n) is 21.1. The zero-order chi connectivity index (χ0) is 23.7. The number of hydrogen-bond donors (Lipinski definition) is 1. The zero-order valence-corrected chi connectivity index (χ0v) is 21.1. The Morgan fingerprint density at radius 2 is 1.53 bits per heavy atom. The second-order valence-electron chi connectivity index (χ2n) is 9.95. The van der Waals surface area contributed by atoms with Crippen molar-refractivity contribution in [1.82, 2.24) is 5.32 Å². The Bertz CT molecular complexity index is 548. The lowest BCUT2D eigenvalue weighted by molar-refractivity contribution is -0.152. The van der Waals surface area contributed by atoms with Crippen molar-refractivity contribution in [2.45, 2.75) is 135 Å². The van der Waals surface area contributed by atoms with E-state index >= 15 is 0 Å². The van der Waals surface area contributed by atoms with Gasteiger partial charge in [-0.15, -0.1) is 0 Å². The van der Waals surface area contributed by atoms with Crippen molar-refractivity contribution in [3.05, 3.63) is 12.2 Å². The number of carbonyl (C=O) groups excluding carboxylic acids is 2. The Balaban J connectivity index is 2.08. The van der Waals surface area contributed by atoms with E-state index in [0.29, 0.717) is 12.3 Å². The van der Waals surface area contributed by atoms with Crippen molar-refractivity contribution in [3.8, 4) is 0 Å². The van der Waals surface area contributed by atoms with E-state index in [9.17, 15) is 9.59 Å². The van der Waals surface area contributed by atoms with Gasteiger partial charge in [0.15, 0.2) is 0 Å². The van der Waals surface area contributed by atoms with Crippen LogP contribution in [0.1, 0.15) is 130 Å². The van der Waals surface area contributed by atoms with Crippen LogP contribution < -0.4 is 5.32 Å². The summed E-state index contributed by atoms with van der Waals surface area (Å²) in [5.74, 6) is 0.198. The highest BCUT2D eigenvalue weighted by Crippen LogP contribution is 2.38. The van der Waals surface area contributed by atoms with Crippen molar-refractivity contribution in [2.75, 3.05) is 6.79 Å². The maximum absolute atomic E-state index is 12.3. The topological polar surface area (TPSA) is 64.6 Å². The lowest BCUT2D eigenvalue weighted by Gasteiger charge is -2.41. The number of hydrogen-bond acceptors (Lipinski definition) is 4. The van der Waals surface area contributed by atoms with Gasteiger partial charge in [0.05, 0.1) is 0 Å². The maximum atomic E-state index is 12.3. The molecule has 1 amide bonds. The number of alkyl carbamates (subject to hydrolysis) is 1. The third-order valence-corrected chi connectivity index (χ3v) is 6.45. The largest absolute Gasteiger partial charge is 0.428 e. The number of carbonyl (C=O) groups is 2. The average molecular weight is 452 g/mol. The van der Waals surface area contributed by atoms with Crippen molar-refractivity contribution >= 4 is 12.1 Å². The monoisotopic (exact) mass is 451 g/mol. The van der Waals surface area contributed by atoms with Gasteiger partial charge in [0.1, 0.15) is 0 Å². The van der Waals surface area contributed by atoms with Gasteiger partial charge in [-0.05, 0) is 38.0 Å². The SMILES string of the molecule is C=C1CC(C)CC(CCC)(NC(=O)OCOC(=O)CCCCCCCCCCCCC)C1. The molecule has 2 unspecified atom stereocenters. The summed E-state index contributed by atoms with van der Waals surface area (Å²) in [5, 5.41) is 3.05. The molecule has 32 heavy (non-hydrogen) atoms. The molecule has 0 bridgehead atoms. The number of nitrogens with one attached hydrogen (secondary N) is 1. The highest BCUT2D eigenvalue weighted by Gasteiger charge is 2.37. The molecule has 5 heteroatoms. The molecule has 0 spiro atoms. The van der Waals surface area contributed by atoms with Crippen LogP contribution in [0.15, 0.2) is 12.2 Å². The van der Waals surface area contributed by atoms with Gasteiger partial charge in [0.25, 0.3) is 0 Å². The Labute approximate surface area is 197 Å². The number of ether oxygens (including phenoxy) is 2. The van der Waals surface area contributed by atoms with Crippen LogP contribution >= 0.6 is 0 Å². The van der Waals surface area contributed by atoms with Crippen LogP contribution in [-0.4, -0.2) is 24.4 Å². The van der Waals surface area contributed by atoms with Crippen LogP contribution in [0.2, 0.25) is 0 Å². The van der Waals surface area contributed by atoms with Gasteiger partial charge in [-0.3, -0.25) is 4.79 Å². The molecule has 1 N–H and O–H groups in total. The maximum Gasteiger partial charge on any atom is 0.410 e. The summed E-state index contributed by atoms with van der Waals surface area (Å²) < 4.78 is 10.2. The molecule has 1 aliphatic rings. The molecule has 0 aliphatic heterocycles. The molecule has 1 saturated carbocycles. The fraction of sp³-hybridized carbons (Fsp3) is 0.852. The van der Waals surface area contributed by atoms with Crippen LogP contribution in [-0.2, 0) is 14.3 Å². The van der Waals surface area contributed by atoms with E-state index in [4.69, 9.17) is 9.47 Å². The Kier molecular flexibility index (Phi) is 15.2. The minimum absolute atomic E-state index is 0.292. The number of rotatable bonds is 17. The van der Waals surface area contributed by atoms with E-state index in [-0.39, 0.29) is 18.3 Å². The first-order chi connectivity index (χ1) is 15.4. The van der Waals surface area contributed by atoms with E-state index in [1.165, 1.54) is 63.4 Å². The fourth-order valence-electron chi connectivity index (χ4n) is 5.09. The molecular formula is C27H49NO4. The van der Waals surface area contributed by atoms with E-state index in [1.807, 2.05) is 0 Å². The molecule has 0 aromatic heterocycles. The summed E-state index contributed by atoms with van der Waals surface area (Å²) in [7, 11) is 0. The molecule has 186 valence electrons. The molecule has 1 aliphatic carbocycles. The van der Waals surface area contributed by atoms with Crippen LogP contribution in [0.5, 0.6) is 0 Å². The van der Waals surface area contributed by atoms with Crippen LogP contribution in [0.4, 0.5) is 4.79 Å². The van der Waals surface area contributed by atoms with Gasteiger partial charge in [-0.1, -0.05) is 104 Å². The number of esters is 1. The second kappa shape index (κ2) is 17.0. The van der Waals surface area contributed by atoms with Crippen molar-refractivity contribution < 1.29 is 19.1 Å². The third kappa shape index (κ3) is 13.1. The van der Waals surface area contributed by atoms with Gasteiger partial charge in [0.2, 0.25) is 6.79 Å². The molecule has 1 rings (SSSR count). The van der Waals surface area contributed by atoms with E-state index in [0.717, 1.165) is 44.9 Å². The normalized spacial score (nSPS) is 20.7. The van der Waals surface area contributed by atoms with Crippen molar-refractivity contribution in [2.24, 2.45) is 5.92 Å². The van der Waals surface area contributed by atoms with Crippen molar-refractivity contribution in [1.29, 1.82) is 0 Å². The van der Waals surface area contributed by atoms with Gasteiger partial charge in [0, 0.05) is 12.0 Å². The van der Waals surface area contributed by atoms with E-state index in [2.05, 4.69) is 32.7 Å². The first kappa shape index (κ1) is 28.5. The first-order valence-electron chi connectivity index (χ1n) is 13.2. The molecular weight excluding hydrogens is 402 g/mol. The summed E-state index contributed by atoms with van der Waals surface area (Å²) in [6, 6.07) is 0. The van der Waals surface area contributed by atoms with Crippen LogP contribution in [0, 0.1) is 5.92 Å². The minimum Gasteiger partial charge on any atom is -0.428 e. The van der Waals surface area contributed by atoms with Gasteiger partial charge < -0.3 is 14.8 Å². The van der Waals surface area contributed by atoms with Gasteiger partial charge in [-0.2, -0.15) is 0 Å². The average Bonchev–Trinajstić information content (AvgIpc) is 2.71. The number of unbranched alkanes of at least 4 members (excludes halogenated alkanes) is 10. The van der Waals surface area contributed by atoms with Gasteiger partial charge in [-0.25, -0.2) is 4.79 Å². The highest BCUT2D eigenvalue weighted by molar-refractivity contribution is 5.70. The summed E-state index contributed by atoms with van der Waals surface area (Å²) in [4.78, 5) is 24.2.